The summed E-state index contributed by atoms with van der Waals surface area (Å²) in [5.74, 6) is -1.04. The highest BCUT2D eigenvalue weighted by atomic mass is 16.6. The smallest absolute Gasteiger partial charge is 0.337 e. The van der Waals surface area contributed by atoms with E-state index in [4.69, 9.17) is 18.9 Å². The minimum atomic E-state index is -0.952. The van der Waals surface area contributed by atoms with Gasteiger partial charge in [-0.15, -0.1) is 0 Å². The molecule has 2 aromatic carbocycles. The van der Waals surface area contributed by atoms with E-state index in [1.54, 1.807) is 54.9 Å². The van der Waals surface area contributed by atoms with Gasteiger partial charge >= 0.3 is 11.9 Å². The summed E-state index contributed by atoms with van der Waals surface area (Å²) in [6, 6.07) is 14.1. The summed E-state index contributed by atoms with van der Waals surface area (Å²) >= 11 is 0. The van der Waals surface area contributed by atoms with Crippen LogP contribution < -0.4 is 14.8 Å². The number of methoxy groups -OCH3 is 2. The Morgan fingerprint density at radius 3 is 2.14 bits per heavy atom. The molecule has 50 heavy (non-hydrogen) atoms. The Morgan fingerprint density at radius 2 is 1.60 bits per heavy atom. The number of likely N-dealkylation sites (N-methyl/N-ethyl adjacent to an activating group) is 1. The third-order valence-corrected chi connectivity index (χ3v) is 9.03. The van der Waals surface area contributed by atoms with Crippen LogP contribution in [0.1, 0.15) is 78.4 Å². The van der Waals surface area contributed by atoms with Gasteiger partial charge in [0.25, 0.3) is 5.69 Å². The lowest BCUT2D eigenvalue weighted by Gasteiger charge is -2.33. The number of allylic oxidation sites excluding steroid dienone is 2. The van der Waals surface area contributed by atoms with Crippen molar-refractivity contribution in [2.45, 2.75) is 84.8 Å². The molecule has 0 aliphatic carbocycles. The summed E-state index contributed by atoms with van der Waals surface area (Å²) in [4.78, 5) is 40.5. The molecule has 1 heterocycles. The topological polar surface area (TPSA) is 153 Å². The molecular formula is C38H50N4O8. The van der Waals surface area contributed by atoms with Gasteiger partial charge in [-0.3, -0.25) is 10.1 Å². The first-order valence-electron chi connectivity index (χ1n) is 16.8. The molecule has 12 nitrogen and oxygen atoms in total. The molecule has 3 rings (SSSR count). The van der Waals surface area contributed by atoms with Crippen LogP contribution in [0.15, 0.2) is 65.0 Å². The van der Waals surface area contributed by atoms with Crippen LogP contribution in [0.4, 0.5) is 5.69 Å². The van der Waals surface area contributed by atoms with Gasteiger partial charge in [0.05, 0.1) is 53.8 Å². The van der Waals surface area contributed by atoms with Crippen molar-refractivity contribution in [3.05, 3.63) is 86.2 Å². The number of dihydropyridines is 1. The van der Waals surface area contributed by atoms with E-state index in [2.05, 4.69) is 11.4 Å². The molecule has 2 aromatic rings. The molecule has 0 bridgehead atoms. The molecule has 3 unspecified atom stereocenters. The summed E-state index contributed by atoms with van der Waals surface area (Å²) in [5.41, 5.74) is 1.65. The minimum Gasteiger partial charge on any atom is -0.493 e. The summed E-state index contributed by atoms with van der Waals surface area (Å²) in [5, 5.41) is 25.2. The largest absolute Gasteiger partial charge is 0.493 e. The van der Waals surface area contributed by atoms with E-state index in [1.807, 2.05) is 44.0 Å². The molecule has 270 valence electrons. The first kappa shape index (κ1) is 39.5. The molecule has 12 heteroatoms. The highest BCUT2D eigenvalue weighted by Crippen LogP contribution is 2.42. The van der Waals surface area contributed by atoms with Gasteiger partial charge in [0.1, 0.15) is 6.10 Å². The van der Waals surface area contributed by atoms with Gasteiger partial charge in [-0.1, -0.05) is 32.0 Å². The van der Waals surface area contributed by atoms with E-state index in [1.165, 1.54) is 18.2 Å². The Hall–Kier alpha value is -4.89. The zero-order valence-corrected chi connectivity index (χ0v) is 30.8. The van der Waals surface area contributed by atoms with Gasteiger partial charge in [-0.25, -0.2) is 9.59 Å². The average Bonchev–Trinajstić information content (AvgIpc) is 3.05. The lowest BCUT2D eigenvalue weighted by molar-refractivity contribution is -0.384. The van der Waals surface area contributed by atoms with Gasteiger partial charge in [-0.2, -0.15) is 5.26 Å². The fourth-order valence-electron chi connectivity index (χ4n) is 6.54. The Labute approximate surface area is 295 Å². The second-order valence-corrected chi connectivity index (χ2v) is 13.3. The molecule has 0 spiro atoms. The van der Waals surface area contributed by atoms with Crippen molar-refractivity contribution in [1.82, 2.24) is 10.2 Å². The van der Waals surface area contributed by atoms with E-state index < -0.39 is 40.4 Å². The van der Waals surface area contributed by atoms with E-state index in [0.29, 0.717) is 54.4 Å². The van der Waals surface area contributed by atoms with Crippen LogP contribution in [0, 0.1) is 27.4 Å². The quantitative estimate of drug-likeness (QED) is 0.116. The number of esters is 2. The van der Waals surface area contributed by atoms with Crippen LogP contribution in [0.2, 0.25) is 0 Å². The fraction of sp³-hybridized carbons (Fsp3) is 0.500. The molecular weight excluding hydrogens is 640 g/mol. The molecule has 0 saturated carbocycles. The molecule has 1 aliphatic rings. The standard InChI is InChI=1S/C38H50N4O8/c1-23(2)38(22-39,29-15-16-31(47-9)32(20-29)48-10)17-12-18-41(8)21-25(5)50-37(44)34-27(7)40-26(6)33(36(43)49-24(3)4)35(34)28-13-11-14-30(19-28)42(45)46/h11,13-16,19-20,23-25,35,40H,12,17-18,21H2,1-10H3. The normalized spacial score (nSPS) is 16.4. The number of hydrogen-bond acceptors (Lipinski definition) is 11. The highest BCUT2D eigenvalue weighted by molar-refractivity contribution is 6.00. The lowest BCUT2D eigenvalue weighted by atomic mass is 9.69. The lowest BCUT2D eigenvalue weighted by Crippen LogP contribution is -2.36. The molecule has 0 amide bonds. The number of hydrogen-bond donors (Lipinski definition) is 1. The first-order valence-corrected chi connectivity index (χ1v) is 16.8. The van der Waals surface area contributed by atoms with Crippen molar-refractivity contribution >= 4 is 17.6 Å². The maximum Gasteiger partial charge on any atom is 0.337 e. The second-order valence-electron chi connectivity index (χ2n) is 13.3. The molecule has 0 fully saturated rings. The molecule has 0 radical (unpaired) electrons. The third-order valence-electron chi connectivity index (χ3n) is 9.03. The maximum absolute atomic E-state index is 13.9. The number of carbonyl (C=O) groups is 2. The van der Waals surface area contributed by atoms with Gasteiger partial charge in [0.2, 0.25) is 0 Å². The Balaban J connectivity index is 1.79. The number of nitrogens with one attached hydrogen (secondary N) is 1. The van der Waals surface area contributed by atoms with Crippen LogP contribution in [-0.2, 0) is 24.5 Å². The van der Waals surface area contributed by atoms with Gasteiger partial charge in [0, 0.05) is 30.1 Å². The number of nitro groups is 1. The summed E-state index contributed by atoms with van der Waals surface area (Å²) in [6.45, 7) is 13.8. The second kappa shape index (κ2) is 17.2. The van der Waals surface area contributed by atoms with Crippen molar-refractivity contribution in [2.75, 3.05) is 34.4 Å². The Bertz CT molecular complexity index is 1670. The number of benzene rings is 2. The van der Waals surface area contributed by atoms with Crippen LogP contribution in [0.3, 0.4) is 0 Å². The molecule has 0 saturated heterocycles. The van der Waals surface area contributed by atoms with E-state index in [-0.39, 0.29) is 22.8 Å². The van der Waals surface area contributed by atoms with Crippen molar-refractivity contribution < 1.29 is 33.5 Å². The van der Waals surface area contributed by atoms with E-state index in [0.717, 1.165) is 5.56 Å². The van der Waals surface area contributed by atoms with Crippen molar-refractivity contribution in [3.63, 3.8) is 0 Å². The first-order chi connectivity index (χ1) is 23.6. The summed E-state index contributed by atoms with van der Waals surface area (Å²) in [7, 11) is 5.07. The van der Waals surface area contributed by atoms with Crippen molar-refractivity contribution in [2.24, 2.45) is 5.92 Å². The number of rotatable bonds is 16. The minimum absolute atomic E-state index is 0.0239. The SMILES string of the molecule is COc1ccc(C(C#N)(CCCN(C)CC(C)OC(=O)C2=C(C)NC(C)=C(C(=O)OC(C)C)C2c2cccc([N+](=O)[O-])c2)C(C)C)cc1OC. The summed E-state index contributed by atoms with van der Waals surface area (Å²) < 4.78 is 22.4. The molecule has 3 atom stereocenters. The molecule has 1 aliphatic heterocycles. The van der Waals surface area contributed by atoms with Gasteiger partial charge in [-0.05, 0) is 90.2 Å². The Morgan fingerprint density at radius 1 is 0.980 bits per heavy atom. The maximum atomic E-state index is 13.9. The summed E-state index contributed by atoms with van der Waals surface area (Å²) in [6.07, 6.45) is 0.322. The van der Waals surface area contributed by atoms with Crippen molar-refractivity contribution in [3.8, 4) is 17.6 Å². The van der Waals surface area contributed by atoms with Crippen LogP contribution in [0.25, 0.3) is 0 Å². The van der Waals surface area contributed by atoms with E-state index >= 15 is 0 Å². The van der Waals surface area contributed by atoms with Crippen LogP contribution in [-0.4, -0.2) is 68.3 Å². The fourth-order valence-corrected chi connectivity index (χ4v) is 6.54. The average molecular weight is 691 g/mol. The van der Waals surface area contributed by atoms with E-state index in [9.17, 15) is 25.0 Å². The Kier molecular flexibility index (Phi) is 13.6. The predicted molar refractivity (Wildman–Crippen MR) is 190 cm³/mol. The third kappa shape index (κ3) is 9.01. The highest BCUT2D eigenvalue weighted by Gasteiger charge is 2.40. The van der Waals surface area contributed by atoms with Gasteiger partial charge < -0.3 is 29.2 Å². The zero-order valence-electron chi connectivity index (χ0n) is 30.8. The predicted octanol–water partition coefficient (Wildman–Crippen LogP) is 6.56. The molecule has 0 aromatic heterocycles. The zero-order chi connectivity index (χ0) is 37.3. The number of carbonyl (C=O) groups excluding carboxylic acids is 2. The number of non-ortho nitro benzene ring substituents is 1. The molecule has 1 N–H and O–H groups in total. The number of ether oxygens (including phenoxy) is 4. The number of nitro benzene ring substituents is 1. The monoisotopic (exact) mass is 690 g/mol. The van der Waals surface area contributed by atoms with Gasteiger partial charge in [0.15, 0.2) is 11.5 Å². The number of nitrogens with zero attached hydrogens (tertiary/aromatic N) is 3. The van der Waals surface area contributed by atoms with Crippen LogP contribution >= 0.6 is 0 Å². The number of nitriles is 1. The van der Waals surface area contributed by atoms with Crippen molar-refractivity contribution in [1.29, 1.82) is 5.26 Å². The van der Waals surface area contributed by atoms with Crippen LogP contribution in [0.5, 0.6) is 11.5 Å².